The largest absolute Gasteiger partial charge is 0.462 e. The van der Waals surface area contributed by atoms with E-state index in [0.717, 1.165) is 83.5 Å². The number of carbonyl (C=O) groups excluding carboxylic acids is 2. The highest BCUT2D eigenvalue weighted by Gasteiger charge is 2.46. The number of hydrogen-bond acceptors (Lipinski definition) is 11. The molecule has 12 nitrogen and oxygen atoms in total. The average molecular weight is 839 g/mol. The molecular formula is C45H74O12S. The molecule has 0 aromatic carbocycles. The Kier molecular flexibility index (Phi) is 32.0. The maximum absolute atomic E-state index is 12.8. The Labute approximate surface area is 348 Å². The molecule has 1 aliphatic rings. The van der Waals surface area contributed by atoms with Crippen molar-refractivity contribution in [1.29, 1.82) is 0 Å². The van der Waals surface area contributed by atoms with Crippen molar-refractivity contribution in [3.8, 4) is 0 Å². The molecule has 1 heterocycles. The lowest BCUT2D eigenvalue weighted by atomic mass is 10.00. The molecule has 0 aliphatic carbocycles. The first-order valence-electron chi connectivity index (χ1n) is 21.5. The quantitative estimate of drug-likeness (QED) is 0.0210. The van der Waals surface area contributed by atoms with Gasteiger partial charge in [0.15, 0.2) is 12.4 Å². The van der Waals surface area contributed by atoms with Gasteiger partial charge in [0, 0.05) is 12.8 Å². The maximum Gasteiger partial charge on any atom is 0.306 e. The summed E-state index contributed by atoms with van der Waals surface area (Å²) in [7, 11) is -4.61. The maximum atomic E-state index is 12.8. The molecule has 1 saturated heterocycles. The Morgan fingerprint density at radius 3 is 1.66 bits per heavy atom. The van der Waals surface area contributed by atoms with Crippen LogP contribution in [0.25, 0.3) is 0 Å². The van der Waals surface area contributed by atoms with Crippen LogP contribution in [0.3, 0.4) is 0 Å². The van der Waals surface area contributed by atoms with Gasteiger partial charge in [-0.05, 0) is 83.5 Å². The first-order valence-corrected chi connectivity index (χ1v) is 23.1. The van der Waals surface area contributed by atoms with E-state index in [2.05, 4.69) is 86.8 Å². The molecule has 0 aromatic rings. The van der Waals surface area contributed by atoms with Crippen LogP contribution in [-0.2, 0) is 38.7 Å². The molecule has 0 aromatic heterocycles. The topological polar surface area (TPSA) is 186 Å². The van der Waals surface area contributed by atoms with Gasteiger partial charge in [0.2, 0.25) is 0 Å². The molecule has 1 aliphatic heterocycles. The van der Waals surface area contributed by atoms with Crippen molar-refractivity contribution in [3.05, 3.63) is 72.9 Å². The summed E-state index contributed by atoms with van der Waals surface area (Å²) in [6.07, 6.45) is 33.8. The summed E-state index contributed by atoms with van der Waals surface area (Å²) < 4.78 is 53.9. The summed E-state index contributed by atoms with van der Waals surface area (Å²) in [5.41, 5.74) is 0. The minimum atomic E-state index is -4.61. The van der Waals surface area contributed by atoms with E-state index in [1.54, 1.807) is 0 Å². The summed E-state index contributed by atoms with van der Waals surface area (Å²) in [4.78, 5) is 25.3. The Hall–Kier alpha value is -2.91. The molecule has 0 bridgehead atoms. The van der Waals surface area contributed by atoms with E-state index in [1.807, 2.05) is 0 Å². The summed E-state index contributed by atoms with van der Waals surface area (Å²) in [5, 5.41) is 30.8. The van der Waals surface area contributed by atoms with E-state index in [0.29, 0.717) is 12.8 Å². The lowest BCUT2D eigenvalue weighted by molar-refractivity contribution is -0.297. The Balaban J connectivity index is 2.52. The lowest BCUT2D eigenvalue weighted by Crippen LogP contribution is -2.60. The number of allylic oxidation sites excluding steroid dienone is 12. The molecule has 1 rings (SSSR count). The van der Waals surface area contributed by atoms with Crippen molar-refractivity contribution < 1.29 is 56.8 Å². The SMILES string of the molecule is CC/C=C\C/C=C\C/C=C\C/C=C\CCCCC(=O)OC(COC(=O)CCCCCCC/C=C\C/C=C\CCCCC)COC1OC(CS(=O)(=O)O)C(O)C(O)C1O. The van der Waals surface area contributed by atoms with Crippen molar-refractivity contribution in [2.75, 3.05) is 19.0 Å². The van der Waals surface area contributed by atoms with E-state index in [9.17, 15) is 37.9 Å². The normalized spacial score (nSPS) is 21.1. The van der Waals surface area contributed by atoms with Crippen molar-refractivity contribution in [1.82, 2.24) is 0 Å². The Morgan fingerprint density at radius 1 is 0.603 bits per heavy atom. The monoisotopic (exact) mass is 838 g/mol. The lowest BCUT2D eigenvalue weighted by Gasteiger charge is -2.40. The predicted molar refractivity (Wildman–Crippen MR) is 228 cm³/mol. The van der Waals surface area contributed by atoms with Crippen LogP contribution in [0.15, 0.2) is 72.9 Å². The third-order valence-electron chi connectivity index (χ3n) is 9.27. The third-order valence-corrected chi connectivity index (χ3v) is 10.0. The van der Waals surface area contributed by atoms with Crippen LogP contribution in [0, 0.1) is 0 Å². The van der Waals surface area contributed by atoms with E-state index >= 15 is 0 Å². The van der Waals surface area contributed by atoms with Crippen molar-refractivity contribution in [3.63, 3.8) is 0 Å². The van der Waals surface area contributed by atoms with Gasteiger partial charge in [0.1, 0.15) is 36.8 Å². The zero-order valence-corrected chi connectivity index (χ0v) is 35.9. The van der Waals surface area contributed by atoms with Crippen LogP contribution >= 0.6 is 0 Å². The average Bonchev–Trinajstić information content (AvgIpc) is 3.18. The van der Waals surface area contributed by atoms with E-state index < -0.39 is 71.2 Å². The summed E-state index contributed by atoms with van der Waals surface area (Å²) >= 11 is 0. The molecule has 6 unspecified atom stereocenters. The van der Waals surface area contributed by atoms with Gasteiger partial charge in [-0.25, -0.2) is 0 Å². The summed E-state index contributed by atoms with van der Waals surface area (Å²) in [6, 6.07) is 0. The first-order chi connectivity index (χ1) is 28.0. The highest BCUT2D eigenvalue weighted by molar-refractivity contribution is 7.85. The molecule has 6 atom stereocenters. The third kappa shape index (κ3) is 29.3. The van der Waals surface area contributed by atoms with E-state index in [1.165, 1.54) is 19.3 Å². The second-order valence-electron chi connectivity index (χ2n) is 14.6. The zero-order valence-electron chi connectivity index (χ0n) is 35.1. The van der Waals surface area contributed by atoms with Crippen LogP contribution in [0.4, 0.5) is 0 Å². The highest BCUT2D eigenvalue weighted by atomic mass is 32.2. The summed E-state index contributed by atoms with van der Waals surface area (Å²) in [5.74, 6) is -2.07. The van der Waals surface area contributed by atoms with E-state index in [4.69, 9.17) is 18.9 Å². The number of esters is 2. The number of unbranched alkanes of at least 4 members (excludes halogenated alkanes) is 10. The fourth-order valence-corrected chi connectivity index (χ4v) is 6.62. The summed E-state index contributed by atoms with van der Waals surface area (Å²) in [6.45, 7) is 3.55. The number of hydrogen-bond donors (Lipinski definition) is 4. The number of aliphatic hydroxyl groups excluding tert-OH is 3. The fourth-order valence-electron chi connectivity index (χ4n) is 5.93. The van der Waals surface area contributed by atoms with Crippen LogP contribution in [-0.4, -0.2) is 96.0 Å². The molecule has 13 heteroatoms. The van der Waals surface area contributed by atoms with Gasteiger partial charge in [-0.2, -0.15) is 8.42 Å². The van der Waals surface area contributed by atoms with Crippen LogP contribution in [0.1, 0.15) is 142 Å². The van der Waals surface area contributed by atoms with Gasteiger partial charge in [0.05, 0.1) is 6.61 Å². The molecule has 58 heavy (non-hydrogen) atoms. The predicted octanol–water partition coefficient (Wildman–Crippen LogP) is 8.33. The van der Waals surface area contributed by atoms with Gasteiger partial charge in [-0.15, -0.1) is 0 Å². The van der Waals surface area contributed by atoms with Crippen molar-refractivity contribution in [2.24, 2.45) is 0 Å². The smallest absolute Gasteiger partial charge is 0.306 e. The molecule has 0 spiro atoms. The van der Waals surface area contributed by atoms with Gasteiger partial charge in [0.25, 0.3) is 10.1 Å². The number of rotatable bonds is 34. The van der Waals surface area contributed by atoms with E-state index in [-0.39, 0.29) is 19.4 Å². The zero-order chi connectivity index (χ0) is 42.7. The standard InChI is InChI=1S/C45H74O12S/c1-3-5-7-9-11-13-15-17-19-21-23-25-27-29-31-33-40(46)54-35-38(36-55-45-44(50)43(49)42(48)39(57-45)37-58(51,52)53)56-41(47)34-32-30-28-26-24-22-20-18-16-14-12-10-8-6-4-2/h6,8,11-14,17-20,24,26,38-39,42-45,48-50H,3-5,7,9-10,15-16,21-23,25,27-37H2,1-2H3,(H,51,52,53)/b8-6-,13-11-,14-12-,19-17-,20-18-,26-24-. The van der Waals surface area contributed by atoms with Crippen LogP contribution in [0.2, 0.25) is 0 Å². The molecule has 332 valence electrons. The van der Waals surface area contributed by atoms with Gasteiger partial charge in [-0.1, -0.05) is 119 Å². The Morgan fingerprint density at radius 2 is 1.09 bits per heavy atom. The second kappa shape index (κ2) is 34.9. The highest BCUT2D eigenvalue weighted by Crippen LogP contribution is 2.24. The van der Waals surface area contributed by atoms with Crippen molar-refractivity contribution in [2.45, 2.75) is 179 Å². The minimum Gasteiger partial charge on any atom is -0.462 e. The Bertz CT molecular complexity index is 1350. The second-order valence-corrected chi connectivity index (χ2v) is 16.1. The molecular weight excluding hydrogens is 765 g/mol. The minimum absolute atomic E-state index is 0.105. The number of carbonyl (C=O) groups is 2. The molecule has 1 fully saturated rings. The van der Waals surface area contributed by atoms with Gasteiger partial charge in [-0.3, -0.25) is 14.1 Å². The fraction of sp³-hybridized carbons (Fsp3) is 0.689. The first kappa shape index (κ1) is 53.1. The van der Waals surface area contributed by atoms with Gasteiger partial charge >= 0.3 is 11.9 Å². The molecule has 0 radical (unpaired) electrons. The molecule has 4 N–H and O–H groups in total. The number of ether oxygens (including phenoxy) is 4. The van der Waals surface area contributed by atoms with Gasteiger partial charge < -0.3 is 34.3 Å². The van der Waals surface area contributed by atoms with Crippen LogP contribution < -0.4 is 0 Å². The molecule has 0 saturated carbocycles. The number of aliphatic hydroxyl groups is 3. The van der Waals surface area contributed by atoms with Crippen molar-refractivity contribution >= 4 is 22.1 Å². The molecule has 0 amide bonds. The van der Waals surface area contributed by atoms with Crippen LogP contribution in [0.5, 0.6) is 0 Å².